The number of sulfonamides is 1. The highest BCUT2D eigenvalue weighted by Crippen LogP contribution is 2.11. The van der Waals surface area contributed by atoms with E-state index in [1.165, 1.54) is 37.0 Å². The van der Waals surface area contributed by atoms with Crippen LogP contribution in [0.4, 0.5) is 0 Å². The fraction of sp³-hybridized carbons (Fsp3) is 0.364. The van der Waals surface area contributed by atoms with E-state index in [0.29, 0.717) is 11.7 Å². The molecule has 0 amide bonds. The molecular weight excluding hydrogens is 284 g/mol. The highest BCUT2D eigenvalue weighted by atomic mass is 32.2. The van der Waals surface area contributed by atoms with E-state index in [0.717, 1.165) is 4.31 Å². The Balaban J connectivity index is 2.42. The van der Waals surface area contributed by atoms with E-state index in [-0.39, 0.29) is 17.0 Å². The van der Waals surface area contributed by atoms with E-state index in [1.807, 2.05) is 0 Å². The molecule has 0 fully saturated rings. The van der Waals surface area contributed by atoms with E-state index >= 15 is 0 Å². The number of rotatable bonds is 4. The molecule has 0 aliphatic carbocycles. The number of hydrogen-bond acceptors (Lipinski definition) is 6. The number of hydrogen-bond donors (Lipinski definition) is 0. The van der Waals surface area contributed by atoms with Gasteiger partial charge in [-0.2, -0.15) is 4.98 Å². The molecule has 0 saturated heterocycles. The Morgan fingerprint density at radius 2 is 2.05 bits per heavy atom. The lowest BCUT2D eigenvalue weighted by atomic mass is 10.4. The number of aryl methyl sites for hydroxylation is 1. The molecule has 0 atom stereocenters. The average molecular weight is 298 g/mol. The van der Waals surface area contributed by atoms with Crippen LogP contribution >= 0.6 is 0 Å². The van der Waals surface area contributed by atoms with Gasteiger partial charge in [0.15, 0.2) is 5.82 Å². The first-order valence-corrected chi connectivity index (χ1v) is 7.17. The highest BCUT2D eigenvalue weighted by molar-refractivity contribution is 7.89. The molecule has 8 nitrogen and oxygen atoms in total. The van der Waals surface area contributed by atoms with Crippen molar-refractivity contribution in [3.8, 4) is 0 Å². The minimum absolute atomic E-state index is 0.0299. The van der Waals surface area contributed by atoms with Crippen molar-refractivity contribution < 1.29 is 12.9 Å². The summed E-state index contributed by atoms with van der Waals surface area (Å²) in [5, 5.41) is 3.67. The zero-order valence-corrected chi connectivity index (χ0v) is 12.1. The average Bonchev–Trinajstić information content (AvgIpc) is 2.77. The molecule has 0 spiro atoms. The zero-order chi connectivity index (χ0) is 14.9. The topological polar surface area (TPSA) is 98.3 Å². The second-order valence-corrected chi connectivity index (χ2v) is 6.50. The van der Waals surface area contributed by atoms with Gasteiger partial charge in [0.25, 0.3) is 5.56 Å². The Morgan fingerprint density at radius 1 is 1.35 bits per heavy atom. The molecule has 0 N–H and O–H groups in total. The summed E-state index contributed by atoms with van der Waals surface area (Å²) in [6.07, 6.45) is 1.27. The molecule has 0 radical (unpaired) electrons. The summed E-state index contributed by atoms with van der Waals surface area (Å²) >= 11 is 0. The Morgan fingerprint density at radius 3 is 2.60 bits per heavy atom. The number of aromatic nitrogens is 3. The third-order valence-corrected chi connectivity index (χ3v) is 4.41. The lowest BCUT2D eigenvalue weighted by Crippen LogP contribution is -2.26. The van der Waals surface area contributed by atoms with Crippen molar-refractivity contribution in [1.29, 1.82) is 0 Å². The summed E-state index contributed by atoms with van der Waals surface area (Å²) in [5.74, 6) is 0.689. The Bertz CT molecular complexity index is 776. The second-order valence-electron chi connectivity index (χ2n) is 4.35. The first kappa shape index (κ1) is 14.4. The fourth-order valence-electron chi connectivity index (χ4n) is 1.55. The maximum Gasteiger partial charge on any atom is 0.251 e. The minimum Gasteiger partial charge on any atom is -0.340 e. The van der Waals surface area contributed by atoms with Crippen LogP contribution in [-0.2, 0) is 16.6 Å². The van der Waals surface area contributed by atoms with Crippen molar-refractivity contribution in [1.82, 2.24) is 19.0 Å². The van der Waals surface area contributed by atoms with Crippen molar-refractivity contribution in [2.24, 2.45) is 0 Å². The van der Waals surface area contributed by atoms with Crippen molar-refractivity contribution >= 4 is 10.0 Å². The predicted octanol–water partition coefficient (Wildman–Crippen LogP) is -0.162. The van der Waals surface area contributed by atoms with Crippen LogP contribution in [-0.4, -0.2) is 41.5 Å². The van der Waals surface area contributed by atoms with Crippen LogP contribution < -0.4 is 5.56 Å². The van der Waals surface area contributed by atoms with Gasteiger partial charge in [-0.05, 0) is 6.07 Å². The monoisotopic (exact) mass is 298 g/mol. The van der Waals surface area contributed by atoms with Gasteiger partial charge in [0.2, 0.25) is 15.9 Å². The molecule has 0 bridgehead atoms. The summed E-state index contributed by atoms with van der Waals surface area (Å²) in [4.78, 5) is 15.8. The van der Waals surface area contributed by atoms with Crippen LogP contribution in [0.3, 0.4) is 0 Å². The van der Waals surface area contributed by atoms with E-state index in [2.05, 4.69) is 10.1 Å². The maximum atomic E-state index is 12.0. The number of nitrogens with zero attached hydrogens (tertiary/aromatic N) is 4. The van der Waals surface area contributed by atoms with Gasteiger partial charge in [0.1, 0.15) is 0 Å². The van der Waals surface area contributed by atoms with Crippen LogP contribution in [0.25, 0.3) is 0 Å². The van der Waals surface area contributed by atoms with Crippen molar-refractivity contribution in [2.45, 2.75) is 18.4 Å². The van der Waals surface area contributed by atoms with Gasteiger partial charge in [-0.15, -0.1) is 0 Å². The molecule has 0 unspecified atom stereocenters. The molecular formula is C11H14N4O4S. The zero-order valence-electron chi connectivity index (χ0n) is 11.3. The van der Waals surface area contributed by atoms with E-state index in [4.69, 9.17) is 4.52 Å². The minimum atomic E-state index is -3.59. The molecule has 2 rings (SSSR count). The summed E-state index contributed by atoms with van der Waals surface area (Å²) in [7, 11) is -0.746. The van der Waals surface area contributed by atoms with E-state index in [1.54, 1.807) is 6.92 Å². The fourth-order valence-corrected chi connectivity index (χ4v) is 2.48. The van der Waals surface area contributed by atoms with Gasteiger partial charge in [-0.3, -0.25) is 4.79 Å². The summed E-state index contributed by atoms with van der Waals surface area (Å²) < 4.78 is 31.1. The van der Waals surface area contributed by atoms with Crippen molar-refractivity contribution in [3.05, 3.63) is 40.4 Å². The molecule has 108 valence electrons. The molecule has 9 heteroatoms. The largest absolute Gasteiger partial charge is 0.340 e. The third kappa shape index (κ3) is 2.78. The van der Waals surface area contributed by atoms with E-state index < -0.39 is 10.0 Å². The predicted molar refractivity (Wildman–Crippen MR) is 69.7 cm³/mol. The number of pyridine rings is 1. The van der Waals surface area contributed by atoms with Crippen LogP contribution in [0, 0.1) is 6.92 Å². The van der Waals surface area contributed by atoms with Crippen LogP contribution in [0.5, 0.6) is 0 Å². The van der Waals surface area contributed by atoms with Gasteiger partial charge in [0, 0.05) is 33.3 Å². The molecule has 2 heterocycles. The molecule has 0 aliphatic rings. The smallest absolute Gasteiger partial charge is 0.251 e. The first-order chi connectivity index (χ1) is 9.30. The molecule has 2 aromatic heterocycles. The van der Waals surface area contributed by atoms with Gasteiger partial charge in [-0.25, -0.2) is 12.7 Å². The Kier molecular flexibility index (Phi) is 3.73. The van der Waals surface area contributed by atoms with Crippen LogP contribution in [0.2, 0.25) is 0 Å². The molecule has 20 heavy (non-hydrogen) atoms. The first-order valence-electron chi connectivity index (χ1n) is 5.73. The van der Waals surface area contributed by atoms with Crippen LogP contribution in [0.1, 0.15) is 11.7 Å². The normalized spacial score (nSPS) is 12.0. The summed E-state index contributed by atoms with van der Waals surface area (Å²) in [6, 6.07) is 2.47. The van der Waals surface area contributed by atoms with Crippen molar-refractivity contribution in [3.63, 3.8) is 0 Å². The Labute approximate surface area is 115 Å². The quantitative estimate of drug-likeness (QED) is 0.777. The summed E-state index contributed by atoms with van der Waals surface area (Å²) in [6.45, 7) is 1.68. The van der Waals surface area contributed by atoms with Gasteiger partial charge in [-0.1, -0.05) is 5.16 Å². The molecule has 0 aromatic carbocycles. The molecule has 2 aromatic rings. The van der Waals surface area contributed by atoms with E-state index in [9.17, 15) is 13.2 Å². The standard InChI is InChI=1S/C11H14N4O4S/c1-8-12-10(13-19-8)7-15-6-9(4-5-11(15)16)20(17,18)14(2)3/h4-6H,7H2,1-3H3. The van der Waals surface area contributed by atoms with Crippen LogP contribution in [0.15, 0.2) is 32.5 Å². The third-order valence-electron chi connectivity index (χ3n) is 2.62. The van der Waals surface area contributed by atoms with Gasteiger partial charge in [0.05, 0.1) is 11.4 Å². The SMILES string of the molecule is Cc1nc(Cn2cc(S(=O)(=O)N(C)C)ccc2=O)no1. The van der Waals surface area contributed by atoms with Crippen molar-refractivity contribution in [2.75, 3.05) is 14.1 Å². The lowest BCUT2D eigenvalue weighted by molar-refractivity contribution is 0.386. The lowest BCUT2D eigenvalue weighted by Gasteiger charge is -2.12. The van der Waals surface area contributed by atoms with Gasteiger partial charge < -0.3 is 9.09 Å². The van der Waals surface area contributed by atoms with Gasteiger partial charge >= 0.3 is 0 Å². The highest BCUT2D eigenvalue weighted by Gasteiger charge is 2.18. The Hall–Kier alpha value is -2.00. The molecule has 0 saturated carbocycles. The summed E-state index contributed by atoms with van der Waals surface area (Å²) in [5.41, 5.74) is -0.342. The second kappa shape index (κ2) is 5.17. The maximum absolute atomic E-state index is 12.0. The molecule has 0 aliphatic heterocycles.